The molecule has 0 nitrogen and oxygen atoms in total. The van der Waals surface area contributed by atoms with Gasteiger partial charge in [0.1, 0.15) is 0 Å². The Morgan fingerprint density at radius 1 is 1.18 bits per heavy atom. The van der Waals surface area contributed by atoms with Gasteiger partial charge in [0.15, 0.2) is 0 Å². The van der Waals surface area contributed by atoms with E-state index in [2.05, 4.69) is 13.5 Å². The highest BCUT2D eigenvalue weighted by Gasteiger charge is 1.99. The predicted octanol–water partition coefficient (Wildman–Crippen LogP) is 0.760. The lowest BCUT2D eigenvalue weighted by atomic mass is 10.2. The van der Waals surface area contributed by atoms with E-state index in [1.807, 2.05) is 0 Å². The fourth-order valence-electron chi connectivity index (χ4n) is 1.30. The predicted molar refractivity (Wildman–Crippen MR) is 65.1 cm³/mol. The Morgan fingerprint density at radius 2 is 1.82 bits per heavy atom. The average molecular weight is 205 g/mol. The Morgan fingerprint density at radius 3 is 2.36 bits per heavy atom. The zero-order chi connectivity index (χ0) is 8.53. The summed E-state index contributed by atoms with van der Waals surface area (Å²) in [6.45, 7) is 4.89. The molecule has 0 aromatic rings. The van der Waals surface area contributed by atoms with E-state index >= 15 is 0 Å². The second kappa shape index (κ2) is 8.74. The Bertz CT molecular complexity index is 75.7. The maximum absolute atomic E-state index is 2.60. The molecule has 0 aliphatic carbocycles. The molecular formula is C8H24Si3. The highest BCUT2D eigenvalue weighted by molar-refractivity contribution is 7.31. The van der Waals surface area contributed by atoms with Crippen molar-refractivity contribution in [1.29, 1.82) is 0 Å². The molecule has 0 saturated heterocycles. The molecule has 0 radical (unpaired) electrons. The minimum Gasteiger partial charge on any atom is -0.0746 e. The van der Waals surface area contributed by atoms with Crippen LogP contribution in [0.1, 0.15) is 39.0 Å². The molecular weight excluding hydrogens is 180 g/mol. The zero-order valence-electron chi connectivity index (χ0n) is 8.53. The molecule has 1 unspecified atom stereocenters. The van der Waals surface area contributed by atoms with Crippen molar-refractivity contribution in [3.05, 3.63) is 0 Å². The Hall–Kier alpha value is 0.651. The zero-order valence-corrected chi connectivity index (χ0v) is 13.1. The number of unbranched alkanes of at least 4 members (excludes halogenated alkanes) is 4. The van der Waals surface area contributed by atoms with E-state index in [1.165, 1.54) is 25.7 Å². The minimum atomic E-state index is -0.0322. The van der Waals surface area contributed by atoms with Crippen molar-refractivity contribution in [3.63, 3.8) is 0 Å². The number of hydrogen-bond donors (Lipinski definition) is 0. The molecule has 0 fully saturated rings. The number of rotatable bonds is 7. The molecule has 11 heavy (non-hydrogen) atoms. The fraction of sp³-hybridized carbons (Fsp3) is 1.00. The first-order valence-electron chi connectivity index (χ1n) is 5.31. The molecule has 0 spiro atoms. The van der Waals surface area contributed by atoms with Gasteiger partial charge in [-0.25, -0.2) is 0 Å². The monoisotopic (exact) mass is 204 g/mol. The lowest BCUT2D eigenvalue weighted by Crippen LogP contribution is -2.17. The van der Waals surface area contributed by atoms with E-state index in [9.17, 15) is 0 Å². The van der Waals surface area contributed by atoms with E-state index < -0.39 is 0 Å². The van der Waals surface area contributed by atoms with Crippen LogP contribution in [-0.4, -0.2) is 26.6 Å². The van der Waals surface area contributed by atoms with Gasteiger partial charge in [-0.05, 0) is 18.3 Å². The molecule has 0 aromatic carbocycles. The first-order chi connectivity index (χ1) is 5.31. The minimum absolute atomic E-state index is 0.0322. The van der Waals surface area contributed by atoms with Crippen LogP contribution >= 0.6 is 0 Å². The molecule has 3 heteroatoms. The summed E-state index contributed by atoms with van der Waals surface area (Å²) in [5.74, 6) is 0. The van der Waals surface area contributed by atoms with E-state index in [0.29, 0.717) is 8.55 Å². The maximum Gasteiger partial charge on any atom is 0.0176 e. The normalized spacial score (nSPS) is 14.7. The summed E-state index contributed by atoms with van der Waals surface area (Å²) in [5.41, 5.74) is 0. The van der Waals surface area contributed by atoms with Gasteiger partial charge in [-0.2, -0.15) is 0 Å². The molecule has 0 rings (SSSR count). The summed E-state index contributed by atoms with van der Waals surface area (Å²) in [6, 6.07) is 1.68. The van der Waals surface area contributed by atoms with Crippen LogP contribution in [0.3, 0.4) is 0 Å². The Kier molecular flexibility index (Phi) is 9.26. The Labute approximate surface area is 78.6 Å². The molecule has 0 aliphatic heterocycles. The van der Waals surface area contributed by atoms with Crippen molar-refractivity contribution in [2.45, 2.75) is 51.6 Å². The molecule has 0 amide bonds. The third-order valence-electron chi connectivity index (χ3n) is 2.50. The van der Waals surface area contributed by atoms with Crippen molar-refractivity contribution < 1.29 is 0 Å². The molecule has 0 saturated carbocycles. The lowest BCUT2D eigenvalue weighted by molar-refractivity contribution is 0.655. The summed E-state index contributed by atoms with van der Waals surface area (Å²) in [5, 5.41) is 0. The van der Waals surface area contributed by atoms with Crippen molar-refractivity contribution in [1.82, 2.24) is 0 Å². The highest BCUT2D eigenvalue weighted by atomic mass is 29.5. The average Bonchev–Trinajstić information content (AvgIpc) is 2.04. The van der Waals surface area contributed by atoms with Crippen LogP contribution in [-0.2, 0) is 0 Å². The van der Waals surface area contributed by atoms with Crippen LogP contribution < -0.4 is 0 Å². The van der Waals surface area contributed by atoms with Crippen molar-refractivity contribution in [2.24, 2.45) is 0 Å². The van der Waals surface area contributed by atoms with Crippen LogP contribution in [0.25, 0.3) is 0 Å². The third kappa shape index (κ3) is 8.56. The van der Waals surface area contributed by atoms with Crippen molar-refractivity contribution in [3.8, 4) is 0 Å². The number of hydrogen-bond acceptors (Lipinski definition) is 0. The topological polar surface area (TPSA) is 0 Å². The van der Waals surface area contributed by atoms with Crippen LogP contribution in [0.15, 0.2) is 0 Å². The molecule has 0 aliphatic rings. The summed E-state index contributed by atoms with van der Waals surface area (Å²) < 4.78 is 0. The van der Waals surface area contributed by atoms with E-state index in [-0.39, 0.29) is 8.31 Å². The van der Waals surface area contributed by atoms with Gasteiger partial charge in [-0.1, -0.05) is 51.6 Å². The SMILES string of the molecule is CCCCCCC[SiH](C)[SiH2][SiH3]. The van der Waals surface area contributed by atoms with E-state index in [0.717, 1.165) is 0 Å². The summed E-state index contributed by atoms with van der Waals surface area (Å²) in [7, 11) is 2.14. The summed E-state index contributed by atoms with van der Waals surface area (Å²) in [4.78, 5) is 0. The van der Waals surface area contributed by atoms with Gasteiger partial charge in [0, 0.05) is 8.31 Å². The van der Waals surface area contributed by atoms with Crippen LogP contribution in [0.4, 0.5) is 0 Å². The molecule has 0 aromatic heterocycles. The molecule has 68 valence electrons. The van der Waals surface area contributed by atoms with Gasteiger partial charge in [-0.15, -0.1) is 0 Å². The van der Waals surface area contributed by atoms with Gasteiger partial charge in [-0.3, -0.25) is 0 Å². The van der Waals surface area contributed by atoms with Gasteiger partial charge < -0.3 is 0 Å². The lowest BCUT2D eigenvalue weighted by Gasteiger charge is -2.04. The van der Waals surface area contributed by atoms with Crippen molar-refractivity contribution >= 4 is 26.6 Å². The van der Waals surface area contributed by atoms with Crippen LogP contribution in [0.2, 0.25) is 12.6 Å². The molecule has 0 N–H and O–H groups in total. The highest BCUT2D eigenvalue weighted by Crippen LogP contribution is 2.06. The van der Waals surface area contributed by atoms with Crippen LogP contribution in [0.5, 0.6) is 0 Å². The fourth-order valence-corrected chi connectivity index (χ4v) is 8.46. The quantitative estimate of drug-likeness (QED) is 0.424. The molecule has 0 bridgehead atoms. The van der Waals surface area contributed by atoms with Gasteiger partial charge in [0.05, 0.1) is 0 Å². The van der Waals surface area contributed by atoms with E-state index in [1.54, 1.807) is 22.2 Å². The molecule has 0 heterocycles. The second-order valence-electron chi connectivity index (χ2n) is 3.72. The van der Waals surface area contributed by atoms with Gasteiger partial charge >= 0.3 is 0 Å². The van der Waals surface area contributed by atoms with E-state index in [4.69, 9.17) is 0 Å². The van der Waals surface area contributed by atoms with Gasteiger partial charge in [0.25, 0.3) is 0 Å². The Balaban J connectivity index is 2.89. The summed E-state index contributed by atoms with van der Waals surface area (Å²) >= 11 is 0. The largest absolute Gasteiger partial charge is 0.0746 e. The third-order valence-corrected chi connectivity index (χ3v) is 23.2. The van der Waals surface area contributed by atoms with Gasteiger partial charge in [0.2, 0.25) is 0 Å². The second-order valence-corrected chi connectivity index (χ2v) is 21.3. The first-order valence-corrected chi connectivity index (χ1v) is 16.2. The summed E-state index contributed by atoms with van der Waals surface area (Å²) in [6.07, 6.45) is 7.46. The van der Waals surface area contributed by atoms with Crippen molar-refractivity contribution in [2.75, 3.05) is 0 Å². The first kappa shape index (κ1) is 11.7. The maximum atomic E-state index is 2.60. The van der Waals surface area contributed by atoms with Crippen LogP contribution in [0, 0.1) is 0 Å². The molecule has 1 atom stereocenters. The smallest absolute Gasteiger partial charge is 0.0176 e. The standard InChI is InChI=1S/C8H24Si3/c1-3-4-5-6-7-8-11(2)10-9/h11H,3-8,10H2,1-2,9H3.